The highest BCUT2D eigenvalue weighted by Crippen LogP contribution is 2.27. The van der Waals surface area contributed by atoms with Crippen molar-refractivity contribution in [3.05, 3.63) is 29.3 Å². The average molecular weight is 401 g/mol. The van der Waals surface area contributed by atoms with Gasteiger partial charge in [-0.15, -0.1) is 0 Å². The fourth-order valence-corrected chi connectivity index (χ4v) is 3.41. The van der Waals surface area contributed by atoms with Gasteiger partial charge in [-0.2, -0.15) is 0 Å². The van der Waals surface area contributed by atoms with E-state index in [1.807, 2.05) is 0 Å². The molecule has 6 atom stereocenters. The molecule has 27 heavy (non-hydrogen) atoms. The normalized spacial score (nSPS) is 34.0. The SMILES string of the molecule is O=C(NC1C(O)O[C@H](CO)C(O)[C@@H]1O)C1CC(=O)N(c2ccc(Cl)cc2)C1. The van der Waals surface area contributed by atoms with E-state index in [0.717, 1.165) is 0 Å². The van der Waals surface area contributed by atoms with Gasteiger partial charge in [-0.3, -0.25) is 9.59 Å². The van der Waals surface area contributed by atoms with Crippen LogP contribution in [0.15, 0.2) is 24.3 Å². The Morgan fingerprint density at radius 2 is 1.89 bits per heavy atom. The van der Waals surface area contributed by atoms with Crippen molar-refractivity contribution in [2.24, 2.45) is 5.92 Å². The maximum atomic E-state index is 12.5. The molecule has 1 aromatic carbocycles. The van der Waals surface area contributed by atoms with Crippen LogP contribution in [0.5, 0.6) is 0 Å². The third-order valence-electron chi connectivity index (χ3n) is 4.84. The molecule has 5 N–H and O–H groups in total. The molecule has 2 aliphatic heterocycles. The smallest absolute Gasteiger partial charge is 0.227 e. The maximum absolute atomic E-state index is 12.5. The molecule has 10 heteroatoms. The molecule has 0 radical (unpaired) electrons. The largest absolute Gasteiger partial charge is 0.394 e. The van der Waals surface area contributed by atoms with E-state index in [0.29, 0.717) is 10.7 Å². The molecule has 4 unspecified atom stereocenters. The number of hydrogen-bond acceptors (Lipinski definition) is 7. The lowest BCUT2D eigenvalue weighted by Gasteiger charge is -2.40. The number of nitrogens with one attached hydrogen (secondary N) is 1. The number of amides is 2. The lowest BCUT2D eigenvalue weighted by molar-refractivity contribution is -0.254. The zero-order valence-electron chi connectivity index (χ0n) is 14.2. The molecule has 0 bridgehead atoms. The van der Waals surface area contributed by atoms with Crippen molar-refractivity contribution >= 4 is 29.1 Å². The number of carbonyl (C=O) groups excluding carboxylic acids is 2. The molecule has 2 amide bonds. The van der Waals surface area contributed by atoms with Crippen molar-refractivity contribution in [2.45, 2.75) is 37.1 Å². The summed E-state index contributed by atoms with van der Waals surface area (Å²) < 4.78 is 5.01. The van der Waals surface area contributed by atoms with Gasteiger partial charge in [0.05, 0.1) is 12.5 Å². The van der Waals surface area contributed by atoms with Gasteiger partial charge in [0.2, 0.25) is 11.8 Å². The summed E-state index contributed by atoms with van der Waals surface area (Å²) in [6.45, 7) is -0.461. The summed E-state index contributed by atoms with van der Waals surface area (Å²) in [6.07, 6.45) is -5.79. The van der Waals surface area contributed by atoms with Crippen LogP contribution in [0.1, 0.15) is 6.42 Å². The van der Waals surface area contributed by atoms with Gasteiger partial charge >= 0.3 is 0 Å². The summed E-state index contributed by atoms with van der Waals surface area (Å²) >= 11 is 5.84. The molecule has 148 valence electrons. The van der Waals surface area contributed by atoms with Crippen molar-refractivity contribution in [1.29, 1.82) is 0 Å². The number of aliphatic hydroxyl groups is 4. The van der Waals surface area contributed by atoms with Gasteiger partial charge in [0, 0.05) is 23.7 Å². The predicted octanol–water partition coefficient (Wildman–Crippen LogP) is -1.39. The Balaban J connectivity index is 1.65. The fraction of sp³-hybridized carbons (Fsp3) is 0.529. The van der Waals surface area contributed by atoms with Gasteiger partial charge in [-0.25, -0.2) is 0 Å². The van der Waals surface area contributed by atoms with E-state index in [1.54, 1.807) is 24.3 Å². The number of halogens is 1. The summed E-state index contributed by atoms with van der Waals surface area (Å²) in [5.74, 6) is -1.49. The molecule has 1 aromatic rings. The Hall–Kier alpha value is -1.75. The van der Waals surface area contributed by atoms with E-state index in [2.05, 4.69) is 5.32 Å². The molecule has 2 fully saturated rings. The van der Waals surface area contributed by atoms with Crippen molar-refractivity contribution in [2.75, 3.05) is 18.1 Å². The Labute approximate surface area is 160 Å². The number of carbonyl (C=O) groups is 2. The first-order valence-electron chi connectivity index (χ1n) is 8.48. The minimum atomic E-state index is -1.60. The average Bonchev–Trinajstić information content (AvgIpc) is 3.04. The second kappa shape index (κ2) is 8.09. The highest BCUT2D eigenvalue weighted by Gasteiger charge is 2.45. The van der Waals surface area contributed by atoms with E-state index in [1.165, 1.54) is 4.90 Å². The molecular formula is C17H21ClN2O7. The highest BCUT2D eigenvalue weighted by molar-refractivity contribution is 6.30. The zero-order valence-corrected chi connectivity index (χ0v) is 15.0. The number of hydrogen-bond donors (Lipinski definition) is 5. The maximum Gasteiger partial charge on any atom is 0.227 e. The van der Waals surface area contributed by atoms with Crippen molar-refractivity contribution < 1.29 is 34.8 Å². The van der Waals surface area contributed by atoms with Gasteiger partial charge in [0.1, 0.15) is 24.4 Å². The summed E-state index contributed by atoms with van der Waals surface area (Å²) in [6, 6.07) is 5.35. The summed E-state index contributed by atoms with van der Waals surface area (Å²) in [4.78, 5) is 26.2. The van der Waals surface area contributed by atoms with Crippen LogP contribution >= 0.6 is 11.6 Å². The second-order valence-electron chi connectivity index (χ2n) is 6.65. The van der Waals surface area contributed by atoms with Crippen LogP contribution in [-0.4, -0.2) is 76.0 Å². The van der Waals surface area contributed by atoms with Gasteiger partial charge in [-0.05, 0) is 24.3 Å². The number of aliphatic hydroxyl groups excluding tert-OH is 4. The third-order valence-corrected chi connectivity index (χ3v) is 5.10. The molecule has 9 nitrogen and oxygen atoms in total. The molecule has 2 aliphatic rings. The zero-order chi connectivity index (χ0) is 19.7. The number of rotatable bonds is 4. The lowest BCUT2D eigenvalue weighted by atomic mass is 9.96. The standard InChI is InChI=1S/C17H21ClN2O7/c18-9-1-3-10(4-2-9)20-6-8(5-12(20)22)16(25)19-13-15(24)14(23)11(7-21)27-17(13)26/h1-4,8,11,13-15,17,21,23-24,26H,5-7H2,(H,19,25)/t8?,11-,13?,14?,15-,17?/m1/s1. The number of nitrogens with zero attached hydrogens (tertiary/aromatic N) is 1. The molecule has 0 saturated carbocycles. The van der Waals surface area contributed by atoms with Gasteiger partial charge in [0.15, 0.2) is 6.29 Å². The first-order chi connectivity index (χ1) is 12.8. The van der Waals surface area contributed by atoms with E-state index >= 15 is 0 Å². The highest BCUT2D eigenvalue weighted by atomic mass is 35.5. The van der Waals surface area contributed by atoms with E-state index in [9.17, 15) is 24.9 Å². The van der Waals surface area contributed by atoms with E-state index < -0.39 is 49.1 Å². The van der Waals surface area contributed by atoms with Crippen LogP contribution in [0.3, 0.4) is 0 Å². The molecule has 2 heterocycles. The van der Waals surface area contributed by atoms with Crippen molar-refractivity contribution in [1.82, 2.24) is 5.32 Å². The molecule has 0 spiro atoms. The van der Waals surface area contributed by atoms with Crippen LogP contribution in [0, 0.1) is 5.92 Å². The molecule has 0 aliphatic carbocycles. The Kier molecular flexibility index (Phi) is 5.99. The lowest BCUT2D eigenvalue weighted by Crippen LogP contribution is -2.64. The summed E-state index contributed by atoms with van der Waals surface area (Å²) in [5.41, 5.74) is 0.613. The minimum absolute atomic E-state index is 0.0317. The van der Waals surface area contributed by atoms with Crippen LogP contribution < -0.4 is 10.2 Å². The third kappa shape index (κ3) is 4.08. The Morgan fingerprint density at radius 3 is 2.52 bits per heavy atom. The minimum Gasteiger partial charge on any atom is -0.394 e. The second-order valence-corrected chi connectivity index (χ2v) is 7.08. The fourth-order valence-electron chi connectivity index (χ4n) is 3.29. The molecule has 0 aromatic heterocycles. The Bertz CT molecular complexity index is 701. The number of ether oxygens (including phenoxy) is 1. The van der Waals surface area contributed by atoms with Crippen LogP contribution in [-0.2, 0) is 14.3 Å². The quantitative estimate of drug-likeness (QED) is 0.419. The van der Waals surface area contributed by atoms with Crippen LogP contribution in [0.25, 0.3) is 0 Å². The van der Waals surface area contributed by atoms with Gasteiger partial charge in [0.25, 0.3) is 0 Å². The van der Waals surface area contributed by atoms with E-state index in [4.69, 9.17) is 21.4 Å². The van der Waals surface area contributed by atoms with Crippen molar-refractivity contribution in [3.8, 4) is 0 Å². The number of benzene rings is 1. The first kappa shape index (κ1) is 20.0. The molecular weight excluding hydrogens is 380 g/mol. The number of anilines is 1. The molecule has 3 rings (SSSR count). The van der Waals surface area contributed by atoms with Crippen molar-refractivity contribution in [3.63, 3.8) is 0 Å². The summed E-state index contributed by atoms with van der Waals surface area (Å²) in [7, 11) is 0. The Morgan fingerprint density at radius 1 is 1.22 bits per heavy atom. The molecule has 2 saturated heterocycles. The predicted molar refractivity (Wildman–Crippen MR) is 93.8 cm³/mol. The first-order valence-corrected chi connectivity index (χ1v) is 8.86. The van der Waals surface area contributed by atoms with E-state index in [-0.39, 0.29) is 18.9 Å². The van der Waals surface area contributed by atoms with Gasteiger partial charge < -0.3 is 35.4 Å². The van der Waals surface area contributed by atoms with Gasteiger partial charge in [-0.1, -0.05) is 11.6 Å². The summed E-state index contributed by atoms with van der Waals surface area (Å²) in [5, 5.41) is 42.0. The van der Waals surface area contributed by atoms with Crippen LogP contribution in [0.2, 0.25) is 5.02 Å². The topological polar surface area (TPSA) is 140 Å². The van der Waals surface area contributed by atoms with Crippen LogP contribution in [0.4, 0.5) is 5.69 Å². The monoisotopic (exact) mass is 400 g/mol.